The Morgan fingerprint density at radius 2 is 1.20 bits per heavy atom. The number of benzene rings is 2. The summed E-state index contributed by atoms with van der Waals surface area (Å²) < 4.78 is 0. The minimum Gasteiger partial charge on any atom is -0.476 e. The lowest BCUT2D eigenvalue weighted by atomic mass is 10.0. The molecule has 0 unspecified atom stereocenters. The predicted octanol–water partition coefficient (Wildman–Crippen LogP) is 7.76. The van der Waals surface area contributed by atoms with Gasteiger partial charge < -0.3 is 20.2 Å². The van der Waals surface area contributed by atoms with E-state index in [-0.39, 0.29) is 17.6 Å². The summed E-state index contributed by atoms with van der Waals surface area (Å²) >= 11 is 2.91. The third-order valence-corrected chi connectivity index (χ3v) is 9.45. The van der Waals surface area contributed by atoms with Crippen molar-refractivity contribution >= 4 is 58.6 Å². The van der Waals surface area contributed by atoms with Crippen molar-refractivity contribution in [3.8, 4) is 0 Å². The SMILES string of the molecule is CCN(C)C=Nc1cc(C)c(Cc2nc(C(=O)NC(C)C)cs2)cc1C.CCN(C)C=Nc1cc(C)c(Cc2nc(C(=O)O)cs2)cc1C. The van der Waals surface area contributed by atoms with E-state index in [1.54, 1.807) is 5.38 Å². The molecule has 0 aliphatic rings. The zero-order valence-corrected chi connectivity index (χ0v) is 31.9. The third kappa shape index (κ3) is 11.9. The van der Waals surface area contributed by atoms with Gasteiger partial charge in [0.1, 0.15) is 5.69 Å². The molecule has 49 heavy (non-hydrogen) atoms. The fourth-order valence-corrected chi connectivity index (χ4v) is 6.10. The summed E-state index contributed by atoms with van der Waals surface area (Å²) in [5.41, 5.74) is 9.48. The van der Waals surface area contributed by atoms with E-state index in [9.17, 15) is 9.59 Å². The van der Waals surface area contributed by atoms with Crippen LogP contribution in [-0.4, -0.2) is 82.7 Å². The molecule has 0 spiro atoms. The maximum Gasteiger partial charge on any atom is 0.355 e. The molecule has 4 rings (SSSR count). The first-order valence-electron chi connectivity index (χ1n) is 16.3. The Labute approximate surface area is 298 Å². The third-order valence-electron chi connectivity index (χ3n) is 7.75. The molecule has 1 amide bonds. The van der Waals surface area contributed by atoms with Crippen molar-refractivity contribution in [2.24, 2.45) is 9.98 Å². The summed E-state index contributed by atoms with van der Waals surface area (Å²) in [6.45, 7) is 18.1. The second-order valence-corrected chi connectivity index (χ2v) is 14.2. The lowest BCUT2D eigenvalue weighted by molar-refractivity contribution is 0.0690. The molecular formula is C37H49N7O3S2. The molecule has 2 aromatic heterocycles. The summed E-state index contributed by atoms with van der Waals surface area (Å²) in [7, 11) is 4.00. The Hall–Kier alpha value is -4.42. The van der Waals surface area contributed by atoms with Crippen molar-refractivity contribution in [3.63, 3.8) is 0 Å². The van der Waals surface area contributed by atoms with Crippen LogP contribution in [0.4, 0.5) is 11.4 Å². The van der Waals surface area contributed by atoms with Crippen molar-refractivity contribution < 1.29 is 14.7 Å². The van der Waals surface area contributed by atoms with Gasteiger partial charge in [-0.05, 0) is 101 Å². The monoisotopic (exact) mass is 703 g/mol. The van der Waals surface area contributed by atoms with Gasteiger partial charge in [0.15, 0.2) is 5.69 Å². The summed E-state index contributed by atoms with van der Waals surface area (Å²) in [5.74, 6) is -1.09. The Balaban J connectivity index is 0.000000267. The van der Waals surface area contributed by atoms with Crippen LogP contribution >= 0.6 is 22.7 Å². The maximum absolute atomic E-state index is 12.1. The van der Waals surface area contributed by atoms with Crippen molar-refractivity contribution in [2.45, 2.75) is 74.3 Å². The number of thiazole rings is 2. The fraction of sp³-hybridized carbons (Fsp3) is 0.405. The highest BCUT2D eigenvalue weighted by atomic mass is 32.1. The lowest BCUT2D eigenvalue weighted by Crippen LogP contribution is -2.30. The molecule has 0 saturated carbocycles. The molecule has 2 N–H and O–H groups in total. The van der Waals surface area contributed by atoms with Gasteiger partial charge in [-0.1, -0.05) is 12.1 Å². The Morgan fingerprint density at radius 1 is 0.776 bits per heavy atom. The summed E-state index contributed by atoms with van der Waals surface area (Å²) in [5, 5.41) is 17.0. The molecule has 0 atom stereocenters. The number of nitrogens with one attached hydrogen (secondary N) is 1. The highest BCUT2D eigenvalue weighted by Crippen LogP contribution is 2.27. The largest absolute Gasteiger partial charge is 0.476 e. The van der Waals surface area contributed by atoms with Crippen LogP contribution in [0.15, 0.2) is 45.0 Å². The first-order valence-corrected chi connectivity index (χ1v) is 18.1. The first kappa shape index (κ1) is 39.0. The second kappa shape index (κ2) is 18.4. The minimum absolute atomic E-state index is 0.109. The number of hydrogen-bond acceptors (Lipinski definition) is 8. The highest BCUT2D eigenvalue weighted by molar-refractivity contribution is 7.10. The summed E-state index contributed by atoms with van der Waals surface area (Å²) in [6, 6.07) is 8.57. The van der Waals surface area contributed by atoms with Gasteiger partial charge in [-0.3, -0.25) is 4.79 Å². The van der Waals surface area contributed by atoms with Gasteiger partial charge in [-0.2, -0.15) is 0 Å². The summed E-state index contributed by atoms with van der Waals surface area (Å²) in [4.78, 5) is 44.8. The van der Waals surface area contributed by atoms with E-state index in [0.29, 0.717) is 12.1 Å². The van der Waals surface area contributed by atoms with Crippen LogP contribution in [0.25, 0.3) is 0 Å². The van der Waals surface area contributed by atoms with E-state index in [1.165, 1.54) is 33.8 Å². The molecule has 2 aromatic carbocycles. The van der Waals surface area contributed by atoms with E-state index in [2.05, 4.69) is 77.2 Å². The highest BCUT2D eigenvalue weighted by Gasteiger charge is 2.14. The van der Waals surface area contributed by atoms with Gasteiger partial charge in [0.2, 0.25) is 0 Å². The van der Waals surface area contributed by atoms with Crippen LogP contribution < -0.4 is 5.32 Å². The number of nitrogens with zero attached hydrogens (tertiary/aromatic N) is 6. The number of hydrogen-bond donors (Lipinski definition) is 2. The molecule has 0 bridgehead atoms. The van der Waals surface area contributed by atoms with Crippen LogP contribution in [0.2, 0.25) is 0 Å². The summed E-state index contributed by atoms with van der Waals surface area (Å²) in [6.07, 6.45) is 5.07. The average molecular weight is 704 g/mol. The average Bonchev–Trinajstić information content (AvgIpc) is 3.73. The number of carboxylic acids is 1. The number of carboxylic acid groups (broad SMARTS) is 1. The number of amides is 1. The molecule has 0 saturated heterocycles. The van der Waals surface area contributed by atoms with Crippen LogP contribution in [0.3, 0.4) is 0 Å². The molecule has 10 nitrogen and oxygen atoms in total. The van der Waals surface area contributed by atoms with Gasteiger partial charge in [-0.25, -0.2) is 24.7 Å². The Kier molecular flexibility index (Phi) is 14.6. The fourth-order valence-electron chi connectivity index (χ4n) is 4.51. The van der Waals surface area contributed by atoms with E-state index < -0.39 is 5.97 Å². The molecule has 0 aliphatic carbocycles. The number of carbonyl (C=O) groups is 2. The number of carbonyl (C=O) groups excluding carboxylic acids is 1. The standard InChI is InChI=1S/C20H28N4OS.C17H21N3O2S/c1-7-24(6)12-21-17-9-14(4)16(8-15(17)5)10-19-23-18(11-26-19)20(25)22-13(2)3;1-5-20(4)10-18-14-7-11(2)13(6-12(14)3)8-16-19-15(9-23-16)17(21)22/h8-9,11-13H,7,10H2,1-6H3,(H,22,25);6-7,9-10H,5,8H2,1-4H3,(H,21,22). The number of aromatic carboxylic acids is 1. The second-order valence-electron chi connectivity index (χ2n) is 12.3. The van der Waals surface area contributed by atoms with Crippen molar-refractivity contribution in [1.82, 2.24) is 25.1 Å². The van der Waals surface area contributed by atoms with E-state index in [1.807, 2.05) is 69.6 Å². The predicted molar refractivity (Wildman–Crippen MR) is 204 cm³/mol. The molecule has 0 radical (unpaired) electrons. The normalized spacial score (nSPS) is 11.2. The van der Waals surface area contributed by atoms with Gasteiger partial charge in [0.25, 0.3) is 5.91 Å². The zero-order valence-electron chi connectivity index (χ0n) is 30.3. The van der Waals surface area contributed by atoms with Crippen LogP contribution in [0.5, 0.6) is 0 Å². The van der Waals surface area contributed by atoms with E-state index >= 15 is 0 Å². The molecule has 0 fully saturated rings. The molecule has 4 aromatic rings. The van der Waals surface area contributed by atoms with E-state index in [4.69, 9.17) is 5.11 Å². The quantitative estimate of drug-likeness (QED) is 0.108. The molecule has 2 heterocycles. The number of aromatic nitrogens is 2. The lowest BCUT2D eigenvalue weighted by Gasteiger charge is -2.11. The van der Waals surface area contributed by atoms with Crippen molar-refractivity contribution in [3.05, 3.63) is 89.8 Å². The molecule has 262 valence electrons. The molecule has 0 aliphatic heterocycles. The van der Waals surface area contributed by atoms with Gasteiger partial charge >= 0.3 is 5.97 Å². The van der Waals surface area contributed by atoms with Crippen LogP contribution in [-0.2, 0) is 12.8 Å². The number of aryl methyl sites for hydroxylation is 4. The Bertz CT molecular complexity index is 1790. The van der Waals surface area contributed by atoms with Gasteiger partial charge in [-0.15, -0.1) is 22.7 Å². The molecule has 12 heteroatoms. The zero-order chi connectivity index (χ0) is 36.2. The van der Waals surface area contributed by atoms with Gasteiger partial charge in [0.05, 0.1) is 34.1 Å². The Morgan fingerprint density at radius 3 is 1.59 bits per heavy atom. The van der Waals surface area contributed by atoms with E-state index in [0.717, 1.165) is 63.2 Å². The van der Waals surface area contributed by atoms with Crippen molar-refractivity contribution in [2.75, 3.05) is 27.2 Å². The maximum atomic E-state index is 12.1. The minimum atomic E-state index is -0.981. The number of aliphatic imine (C=N–C) groups is 2. The first-order chi connectivity index (χ1) is 23.2. The van der Waals surface area contributed by atoms with Crippen LogP contribution in [0.1, 0.15) is 92.1 Å². The van der Waals surface area contributed by atoms with Crippen LogP contribution in [0, 0.1) is 27.7 Å². The molecular weight excluding hydrogens is 655 g/mol. The van der Waals surface area contributed by atoms with Gasteiger partial charge in [0, 0.05) is 56.8 Å². The smallest absolute Gasteiger partial charge is 0.355 e. The number of rotatable bonds is 13. The topological polar surface area (TPSA) is 123 Å². The van der Waals surface area contributed by atoms with Crippen molar-refractivity contribution in [1.29, 1.82) is 0 Å².